The number of aromatic nitrogens is 2. The summed E-state index contributed by atoms with van der Waals surface area (Å²) in [5.74, 6) is -0.0352. The highest BCUT2D eigenvalue weighted by Gasteiger charge is 2.17. The Morgan fingerprint density at radius 3 is 2.62 bits per heavy atom. The maximum Gasteiger partial charge on any atom is 0.237 e. The van der Waals surface area contributed by atoms with Gasteiger partial charge in [0.15, 0.2) is 0 Å². The van der Waals surface area contributed by atoms with E-state index in [9.17, 15) is 4.79 Å². The maximum absolute atomic E-state index is 12.4. The van der Waals surface area contributed by atoms with E-state index < -0.39 is 0 Å². The summed E-state index contributed by atoms with van der Waals surface area (Å²) in [6.07, 6.45) is 2.53. The summed E-state index contributed by atoms with van der Waals surface area (Å²) in [4.78, 5) is 21.0. The smallest absolute Gasteiger partial charge is 0.237 e. The van der Waals surface area contributed by atoms with E-state index in [1.807, 2.05) is 55.5 Å². The standard InChI is InChI=1S/C19H19N3OS/c1-3-14-8-10-15(11-9-14)22-18(23)13(2)24-19-16-6-4-5-7-17(16)20-12-21-19/h4-13H,3H2,1-2H3,(H,22,23)/t13-/m0/s1. The third kappa shape index (κ3) is 3.74. The first-order chi connectivity index (χ1) is 11.7. The number of benzene rings is 2. The van der Waals surface area contributed by atoms with E-state index in [2.05, 4.69) is 22.2 Å². The summed E-state index contributed by atoms with van der Waals surface area (Å²) in [6, 6.07) is 15.8. The van der Waals surface area contributed by atoms with E-state index in [0.29, 0.717) is 0 Å². The molecule has 0 saturated carbocycles. The molecule has 1 N–H and O–H groups in total. The summed E-state index contributed by atoms with van der Waals surface area (Å²) < 4.78 is 0. The number of para-hydroxylation sites is 1. The van der Waals surface area contributed by atoms with Crippen molar-refractivity contribution >= 4 is 34.3 Å². The van der Waals surface area contributed by atoms with Gasteiger partial charge in [0.05, 0.1) is 10.8 Å². The van der Waals surface area contributed by atoms with E-state index >= 15 is 0 Å². The van der Waals surface area contributed by atoms with Crippen molar-refractivity contribution < 1.29 is 4.79 Å². The van der Waals surface area contributed by atoms with E-state index in [1.54, 1.807) is 6.33 Å². The molecule has 1 atom stereocenters. The van der Waals surface area contributed by atoms with Crippen LogP contribution in [-0.2, 0) is 11.2 Å². The Kier molecular flexibility index (Phi) is 5.11. The summed E-state index contributed by atoms with van der Waals surface area (Å²) in [6.45, 7) is 4.00. The topological polar surface area (TPSA) is 54.9 Å². The van der Waals surface area contributed by atoms with Crippen molar-refractivity contribution in [2.24, 2.45) is 0 Å². The molecule has 0 bridgehead atoms. The molecule has 0 fully saturated rings. The minimum atomic E-state index is -0.255. The van der Waals surface area contributed by atoms with Crippen LogP contribution in [0.2, 0.25) is 0 Å². The lowest BCUT2D eigenvalue weighted by Gasteiger charge is -2.13. The number of rotatable bonds is 5. The second kappa shape index (κ2) is 7.45. The van der Waals surface area contributed by atoms with Gasteiger partial charge >= 0.3 is 0 Å². The van der Waals surface area contributed by atoms with E-state index in [-0.39, 0.29) is 11.2 Å². The fraction of sp³-hybridized carbons (Fsp3) is 0.211. The maximum atomic E-state index is 12.4. The molecule has 0 unspecified atom stereocenters. The quantitative estimate of drug-likeness (QED) is 0.557. The third-order valence-corrected chi connectivity index (χ3v) is 4.91. The molecule has 1 amide bonds. The second-order valence-electron chi connectivity index (χ2n) is 5.50. The molecule has 5 heteroatoms. The summed E-state index contributed by atoms with van der Waals surface area (Å²) in [5.41, 5.74) is 2.96. The highest BCUT2D eigenvalue weighted by molar-refractivity contribution is 8.00. The number of carbonyl (C=O) groups is 1. The number of nitrogens with one attached hydrogen (secondary N) is 1. The van der Waals surface area contributed by atoms with Gasteiger partial charge in [0, 0.05) is 11.1 Å². The fourth-order valence-corrected chi connectivity index (χ4v) is 3.27. The van der Waals surface area contributed by atoms with Crippen LogP contribution in [0.4, 0.5) is 5.69 Å². The molecular formula is C19H19N3OS. The van der Waals surface area contributed by atoms with E-state index in [0.717, 1.165) is 28.0 Å². The first-order valence-electron chi connectivity index (χ1n) is 7.93. The number of amides is 1. The second-order valence-corrected chi connectivity index (χ2v) is 6.83. The number of thioether (sulfide) groups is 1. The minimum absolute atomic E-state index is 0.0352. The zero-order chi connectivity index (χ0) is 16.9. The van der Waals surface area contributed by atoms with Crippen LogP contribution in [0.25, 0.3) is 10.9 Å². The van der Waals surface area contributed by atoms with Crippen molar-refractivity contribution in [1.82, 2.24) is 9.97 Å². The molecule has 24 heavy (non-hydrogen) atoms. The lowest BCUT2D eigenvalue weighted by Crippen LogP contribution is -2.22. The van der Waals surface area contributed by atoms with Gasteiger partial charge in [-0.15, -0.1) is 0 Å². The Hall–Kier alpha value is -2.40. The highest BCUT2D eigenvalue weighted by atomic mass is 32.2. The number of nitrogens with zero attached hydrogens (tertiary/aromatic N) is 2. The Morgan fingerprint density at radius 2 is 1.88 bits per heavy atom. The monoisotopic (exact) mass is 337 g/mol. The Balaban J connectivity index is 1.71. The fourth-order valence-electron chi connectivity index (χ4n) is 2.36. The van der Waals surface area contributed by atoms with Gasteiger partial charge in [-0.2, -0.15) is 0 Å². The molecule has 0 aliphatic heterocycles. The van der Waals surface area contributed by atoms with Crippen molar-refractivity contribution in [2.45, 2.75) is 30.5 Å². The average Bonchev–Trinajstić information content (AvgIpc) is 2.62. The molecule has 0 aliphatic carbocycles. The molecule has 4 nitrogen and oxygen atoms in total. The SMILES string of the molecule is CCc1ccc(NC(=O)[C@H](C)Sc2ncnc3ccccc23)cc1. The summed E-state index contributed by atoms with van der Waals surface area (Å²) >= 11 is 1.44. The van der Waals surface area contributed by atoms with Gasteiger partial charge in [-0.3, -0.25) is 4.79 Å². The zero-order valence-electron chi connectivity index (χ0n) is 13.7. The number of carbonyl (C=O) groups excluding carboxylic acids is 1. The highest BCUT2D eigenvalue weighted by Crippen LogP contribution is 2.28. The number of anilines is 1. The van der Waals surface area contributed by atoms with Gasteiger partial charge in [-0.05, 0) is 37.1 Å². The molecule has 0 radical (unpaired) electrons. The van der Waals surface area contributed by atoms with Crippen LogP contribution in [0.15, 0.2) is 59.9 Å². The first kappa shape index (κ1) is 16.5. The predicted molar refractivity (Wildman–Crippen MR) is 99.3 cm³/mol. The van der Waals surface area contributed by atoms with Crippen LogP contribution >= 0.6 is 11.8 Å². The van der Waals surface area contributed by atoms with E-state index in [4.69, 9.17) is 0 Å². The largest absolute Gasteiger partial charge is 0.325 e. The minimum Gasteiger partial charge on any atom is -0.325 e. The predicted octanol–water partition coefficient (Wildman–Crippen LogP) is 4.31. The number of hydrogen-bond acceptors (Lipinski definition) is 4. The van der Waals surface area contributed by atoms with Gasteiger partial charge in [0.1, 0.15) is 11.4 Å². The molecule has 0 spiro atoms. The molecule has 122 valence electrons. The Morgan fingerprint density at radius 1 is 1.12 bits per heavy atom. The zero-order valence-corrected chi connectivity index (χ0v) is 14.5. The molecule has 1 aromatic heterocycles. The van der Waals surface area contributed by atoms with Gasteiger partial charge in [-0.1, -0.05) is 49.0 Å². The Bertz CT molecular complexity index is 843. The third-order valence-electron chi connectivity index (χ3n) is 3.79. The van der Waals surface area contributed by atoms with Crippen LogP contribution in [0.5, 0.6) is 0 Å². The summed E-state index contributed by atoms with van der Waals surface area (Å²) in [7, 11) is 0. The molecule has 0 aliphatic rings. The van der Waals surface area contributed by atoms with E-state index in [1.165, 1.54) is 17.3 Å². The van der Waals surface area contributed by atoms with Crippen LogP contribution < -0.4 is 5.32 Å². The van der Waals surface area contributed by atoms with Crippen molar-refractivity contribution in [3.63, 3.8) is 0 Å². The first-order valence-corrected chi connectivity index (χ1v) is 8.81. The number of hydrogen-bond donors (Lipinski definition) is 1. The van der Waals surface area contributed by atoms with Gasteiger partial charge < -0.3 is 5.32 Å². The van der Waals surface area contributed by atoms with Crippen LogP contribution in [0.1, 0.15) is 19.4 Å². The van der Waals surface area contributed by atoms with Crippen molar-refractivity contribution in [2.75, 3.05) is 5.32 Å². The van der Waals surface area contributed by atoms with Crippen LogP contribution in [-0.4, -0.2) is 21.1 Å². The van der Waals surface area contributed by atoms with Crippen LogP contribution in [0, 0.1) is 0 Å². The molecular weight excluding hydrogens is 318 g/mol. The lowest BCUT2D eigenvalue weighted by molar-refractivity contribution is -0.115. The van der Waals surface area contributed by atoms with Crippen molar-refractivity contribution in [3.05, 3.63) is 60.4 Å². The summed E-state index contributed by atoms with van der Waals surface area (Å²) in [5, 5.41) is 4.50. The molecule has 3 rings (SSSR count). The number of aryl methyl sites for hydroxylation is 1. The average molecular weight is 337 g/mol. The van der Waals surface area contributed by atoms with Gasteiger partial charge in [0.25, 0.3) is 0 Å². The van der Waals surface area contributed by atoms with Crippen molar-refractivity contribution in [1.29, 1.82) is 0 Å². The normalized spacial score (nSPS) is 12.1. The molecule has 2 aromatic carbocycles. The van der Waals surface area contributed by atoms with Gasteiger partial charge in [-0.25, -0.2) is 9.97 Å². The molecule has 0 saturated heterocycles. The van der Waals surface area contributed by atoms with Crippen molar-refractivity contribution in [3.8, 4) is 0 Å². The number of fused-ring (bicyclic) bond motifs is 1. The lowest BCUT2D eigenvalue weighted by atomic mass is 10.1. The molecule has 3 aromatic rings. The molecule has 1 heterocycles. The van der Waals surface area contributed by atoms with Crippen LogP contribution in [0.3, 0.4) is 0 Å². The van der Waals surface area contributed by atoms with Gasteiger partial charge in [0.2, 0.25) is 5.91 Å². The Labute approximate surface area is 145 Å².